The molecule has 1 saturated heterocycles. The van der Waals surface area contributed by atoms with Gasteiger partial charge in [-0.2, -0.15) is 0 Å². The van der Waals surface area contributed by atoms with Gasteiger partial charge in [-0.15, -0.1) is 0 Å². The van der Waals surface area contributed by atoms with Crippen molar-refractivity contribution < 1.29 is 4.74 Å². The first-order valence-corrected chi connectivity index (χ1v) is 9.70. The Morgan fingerprint density at radius 3 is 2.64 bits per heavy atom. The molecule has 2 heterocycles. The zero-order valence-corrected chi connectivity index (χ0v) is 15.7. The van der Waals surface area contributed by atoms with E-state index in [-0.39, 0.29) is 0 Å². The molecule has 0 aromatic heterocycles. The van der Waals surface area contributed by atoms with Crippen LogP contribution in [0.15, 0.2) is 42.7 Å². The Hall–Kier alpha value is -1.36. The minimum atomic E-state index is 0.296. The van der Waals surface area contributed by atoms with Gasteiger partial charge in [0.2, 0.25) is 0 Å². The van der Waals surface area contributed by atoms with E-state index in [0.29, 0.717) is 18.2 Å². The van der Waals surface area contributed by atoms with Gasteiger partial charge in [0.25, 0.3) is 0 Å². The highest BCUT2D eigenvalue weighted by Crippen LogP contribution is 2.20. The topological polar surface area (TPSA) is 27.7 Å². The highest BCUT2D eigenvalue weighted by atomic mass is 16.5. The molecule has 0 bridgehead atoms. The third-order valence-electron chi connectivity index (χ3n) is 5.60. The summed E-state index contributed by atoms with van der Waals surface area (Å²) in [5, 5.41) is 3.77. The third-order valence-corrected chi connectivity index (χ3v) is 5.60. The number of hydrogen-bond acceptors (Lipinski definition) is 4. The van der Waals surface area contributed by atoms with Crippen molar-refractivity contribution in [3.63, 3.8) is 0 Å². The highest BCUT2D eigenvalue weighted by molar-refractivity contribution is 5.19. The highest BCUT2D eigenvalue weighted by Gasteiger charge is 2.24. The largest absolute Gasteiger partial charge is 0.497 e. The first-order valence-electron chi connectivity index (χ1n) is 9.70. The molecule has 4 nitrogen and oxygen atoms in total. The number of allylic oxidation sites excluding steroid dienone is 1. The first kappa shape index (κ1) is 18.4. The van der Waals surface area contributed by atoms with Crippen LogP contribution < -0.4 is 5.32 Å². The summed E-state index contributed by atoms with van der Waals surface area (Å²) >= 11 is 0. The number of benzene rings is 1. The Morgan fingerprint density at radius 1 is 1.20 bits per heavy atom. The van der Waals surface area contributed by atoms with Gasteiger partial charge in [-0.05, 0) is 64.5 Å². The molecule has 0 amide bonds. The third kappa shape index (κ3) is 5.56. The van der Waals surface area contributed by atoms with Gasteiger partial charge in [0, 0.05) is 25.2 Å². The lowest BCUT2D eigenvalue weighted by Gasteiger charge is -2.37. The molecule has 1 aromatic rings. The van der Waals surface area contributed by atoms with Gasteiger partial charge in [-0.25, -0.2) is 0 Å². The average molecular weight is 344 g/mol. The molecule has 1 N–H and O–H groups in total. The second-order valence-electron chi connectivity index (χ2n) is 7.55. The quantitative estimate of drug-likeness (QED) is 0.824. The fourth-order valence-corrected chi connectivity index (χ4v) is 3.85. The molecule has 2 aliphatic rings. The maximum absolute atomic E-state index is 5.74. The number of ether oxygens (including phenoxy) is 1. The van der Waals surface area contributed by atoms with E-state index in [0.717, 1.165) is 25.9 Å². The molecule has 0 aliphatic carbocycles. The number of piperidine rings is 1. The Morgan fingerprint density at radius 2 is 1.96 bits per heavy atom. The van der Waals surface area contributed by atoms with Crippen molar-refractivity contribution >= 4 is 0 Å². The van der Waals surface area contributed by atoms with Gasteiger partial charge in [0.05, 0.1) is 6.26 Å². The summed E-state index contributed by atoms with van der Waals surface area (Å²) in [5.74, 6) is 0. The Balaban J connectivity index is 1.58. The fourth-order valence-electron chi connectivity index (χ4n) is 3.85. The van der Waals surface area contributed by atoms with E-state index in [1.165, 1.54) is 31.5 Å². The van der Waals surface area contributed by atoms with Crippen molar-refractivity contribution in [2.75, 3.05) is 40.3 Å². The van der Waals surface area contributed by atoms with Crippen molar-refractivity contribution in [3.05, 3.63) is 48.2 Å². The van der Waals surface area contributed by atoms with E-state index in [9.17, 15) is 0 Å². The number of hydrogen-bond donors (Lipinski definition) is 1. The fraction of sp³-hybridized carbons (Fsp3) is 0.619. The van der Waals surface area contributed by atoms with Crippen LogP contribution in [0.3, 0.4) is 0 Å². The molecule has 4 heteroatoms. The predicted molar refractivity (Wildman–Crippen MR) is 104 cm³/mol. The monoisotopic (exact) mass is 343 g/mol. The van der Waals surface area contributed by atoms with Crippen LogP contribution in [0.2, 0.25) is 0 Å². The molecule has 0 radical (unpaired) electrons. The molecule has 2 aliphatic heterocycles. The molecule has 2 unspecified atom stereocenters. The van der Waals surface area contributed by atoms with E-state index in [1.807, 2.05) is 6.26 Å². The van der Waals surface area contributed by atoms with Gasteiger partial charge in [-0.1, -0.05) is 30.3 Å². The Kier molecular flexibility index (Phi) is 6.91. The smallest absolute Gasteiger partial charge is 0.110 e. The lowest BCUT2D eigenvalue weighted by Crippen LogP contribution is -2.45. The molecular weight excluding hydrogens is 310 g/mol. The standard InChI is InChI=1S/C21H33N3O/c1-23-13-11-19(12-14-23)24(2)17-21(18-8-4-3-5-9-18)22-16-20-10-6-7-15-25-20/h3-5,7-9,15,19-22H,6,10-14,16-17H2,1-2H3. The van der Waals surface area contributed by atoms with E-state index in [1.54, 1.807) is 0 Å². The first-order chi connectivity index (χ1) is 12.2. The summed E-state index contributed by atoms with van der Waals surface area (Å²) < 4.78 is 5.74. The molecule has 3 rings (SSSR count). The zero-order valence-electron chi connectivity index (χ0n) is 15.7. The van der Waals surface area contributed by atoms with Crippen LogP contribution in [0.1, 0.15) is 37.3 Å². The molecule has 1 aromatic carbocycles. The molecule has 25 heavy (non-hydrogen) atoms. The number of nitrogens with zero attached hydrogens (tertiary/aromatic N) is 2. The minimum Gasteiger partial charge on any atom is -0.497 e. The summed E-state index contributed by atoms with van der Waals surface area (Å²) in [5.41, 5.74) is 1.37. The van der Waals surface area contributed by atoms with E-state index < -0.39 is 0 Å². The second-order valence-corrected chi connectivity index (χ2v) is 7.55. The van der Waals surface area contributed by atoms with Gasteiger partial charge < -0.3 is 19.9 Å². The van der Waals surface area contributed by atoms with Crippen LogP contribution in [0.4, 0.5) is 0 Å². The van der Waals surface area contributed by atoms with E-state index >= 15 is 0 Å². The van der Waals surface area contributed by atoms with Gasteiger partial charge in [0.15, 0.2) is 0 Å². The Labute approximate surface area is 152 Å². The predicted octanol–water partition coefficient (Wildman–Crippen LogP) is 3.04. The van der Waals surface area contributed by atoms with Crippen LogP contribution in [0.5, 0.6) is 0 Å². The molecule has 0 spiro atoms. The minimum absolute atomic E-state index is 0.296. The molecule has 138 valence electrons. The maximum Gasteiger partial charge on any atom is 0.110 e. The van der Waals surface area contributed by atoms with Gasteiger partial charge in [0.1, 0.15) is 6.10 Å². The van der Waals surface area contributed by atoms with Crippen LogP contribution >= 0.6 is 0 Å². The maximum atomic E-state index is 5.74. The molecular formula is C21H33N3O. The van der Waals surface area contributed by atoms with Crippen molar-refractivity contribution in [2.24, 2.45) is 0 Å². The Bertz CT molecular complexity index is 525. The van der Waals surface area contributed by atoms with Crippen molar-refractivity contribution in [3.8, 4) is 0 Å². The molecule has 0 saturated carbocycles. The van der Waals surface area contributed by atoms with Crippen LogP contribution in [0, 0.1) is 0 Å². The van der Waals surface area contributed by atoms with Crippen molar-refractivity contribution in [2.45, 2.75) is 43.9 Å². The summed E-state index contributed by atoms with van der Waals surface area (Å²) in [7, 11) is 4.51. The normalized spacial score (nSPS) is 23.6. The summed E-state index contributed by atoms with van der Waals surface area (Å²) in [6.07, 6.45) is 9.03. The lowest BCUT2D eigenvalue weighted by atomic mass is 10.0. The second kappa shape index (κ2) is 9.37. The molecule has 1 fully saturated rings. The van der Waals surface area contributed by atoms with Crippen LogP contribution in [0.25, 0.3) is 0 Å². The summed E-state index contributed by atoms with van der Waals surface area (Å²) in [6.45, 7) is 4.37. The van der Waals surface area contributed by atoms with E-state index in [4.69, 9.17) is 4.74 Å². The van der Waals surface area contributed by atoms with Gasteiger partial charge >= 0.3 is 0 Å². The number of nitrogens with one attached hydrogen (secondary N) is 1. The van der Waals surface area contributed by atoms with Crippen LogP contribution in [-0.2, 0) is 4.74 Å². The molecule has 2 atom stereocenters. The summed E-state index contributed by atoms with van der Waals surface area (Å²) in [6, 6.07) is 11.9. The number of likely N-dealkylation sites (N-methyl/N-ethyl adjacent to an activating group) is 1. The lowest BCUT2D eigenvalue weighted by molar-refractivity contribution is 0.108. The number of rotatable bonds is 7. The number of likely N-dealkylation sites (tertiary alicyclic amines) is 1. The zero-order chi connectivity index (χ0) is 17.5. The van der Waals surface area contributed by atoms with Crippen molar-refractivity contribution in [1.82, 2.24) is 15.1 Å². The van der Waals surface area contributed by atoms with Crippen LogP contribution in [-0.4, -0.2) is 62.2 Å². The van der Waals surface area contributed by atoms with Crippen molar-refractivity contribution in [1.29, 1.82) is 0 Å². The SMILES string of the molecule is CN1CCC(N(C)CC(NCC2CCC=CO2)c2ccccc2)CC1. The average Bonchev–Trinajstić information content (AvgIpc) is 2.67. The van der Waals surface area contributed by atoms with Gasteiger partial charge in [-0.3, -0.25) is 0 Å². The summed E-state index contributed by atoms with van der Waals surface area (Å²) in [4.78, 5) is 4.99. The van der Waals surface area contributed by atoms with E-state index in [2.05, 4.69) is 65.6 Å².